The van der Waals surface area contributed by atoms with Crippen LogP contribution in [0.15, 0.2) is 0 Å². The molecule has 5 nitrogen and oxygen atoms in total. The highest BCUT2D eigenvalue weighted by Gasteiger charge is 2.38. The number of carboxylic acids is 1. The Hall–Kier alpha value is -0.940. The van der Waals surface area contributed by atoms with Crippen LogP contribution < -0.4 is 11.1 Å². The fourth-order valence-corrected chi connectivity index (χ4v) is 1.61. The quantitative estimate of drug-likeness (QED) is 0.524. The number of nitrogens with one attached hydrogen (secondary N) is 1. The van der Waals surface area contributed by atoms with Crippen LogP contribution in [-0.2, 0) is 9.59 Å². The molecule has 1 heterocycles. The number of aliphatic carboxylic acids is 1. The molecule has 0 aromatic rings. The molecule has 3 atom stereocenters. The lowest BCUT2D eigenvalue weighted by Crippen LogP contribution is -2.43. The highest BCUT2D eigenvalue weighted by Crippen LogP contribution is 2.17. The number of hydrogen-bond acceptors (Lipinski definition) is 4. The van der Waals surface area contributed by atoms with Crippen molar-refractivity contribution in [3.8, 4) is 0 Å². The minimum absolute atomic E-state index is 0.169. The Morgan fingerprint density at radius 2 is 2.23 bits per heavy atom. The molecular formula is C8H14N2O3. The number of rotatable bonds is 3. The maximum atomic E-state index is 11.4. The van der Waals surface area contributed by atoms with Gasteiger partial charge in [-0.25, -0.2) is 0 Å². The first kappa shape index (κ1) is 10.1. The van der Waals surface area contributed by atoms with Crippen LogP contribution in [0.25, 0.3) is 0 Å². The second kappa shape index (κ2) is 3.85. The van der Waals surface area contributed by atoms with Crippen LogP contribution in [0.1, 0.15) is 13.3 Å². The summed E-state index contributed by atoms with van der Waals surface area (Å²) in [6.07, 6.45) is 0.567. The second-order valence-electron chi connectivity index (χ2n) is 3.36. The summed E-state index contributed by atoms with van der Waals surface area (Å²) >= 11 is 0. The zero-order valence-corrected chi connectivity index (χ0v) is 7.49. The lowest BCUT2D eigenvalue weighted by Gasteiger charge is -2.15. The second-order valence-corrected chi connectivity index (χ2v) is 3.36. The zero-order valence-electron chi connectivity index (χ0n) is 7.49. The van der Waals surface area contributed by atoms with E-state index in [0.717, 1.165) is 0 Å². The van der Waals surface area contributed by atoms with Gasteiger partial charge < -0.3 is 16.2 Å². The van der Waals surface area contributed by atoms with E-state index in [4.69, 9.17) is 10.8 Å². The van der Waals surface area contributed by atoms with E-state index in [2.05, 4.69) is 5.32 Å². The van der Waals surface area contributed by atoms with Gasteiger partial charge in [0.1, 0.15) is 6.04 Å². The third kappa shape index (κ3) is 2.05. The third-order valence-electron chi connectivity index (χ3n) is 2.30. The van der Waals surface area contributed by atoms with Crippen molar-refractivity contribution < 1.29 is 14.7 Å². The van der Waals surface area contributed by atoms with Gasteiger partial charge in [0.25, 0.3) is 0 Å². The van der Waals surface area contributed by atoms with Gasteiger partial charge in [-0.05, 0) is 19.9 Å². The molecular weight excluding hydrogens is 172 g/mol. The lowest BCUT2D eigenvalue weighted by molar-refractivity contribution is -0.142. The molecule has 5 heteroatoms. The van der Waals surface area contributed by atoms with Gasteiger partial charge in [-0.2, -0.15) is 0 Å². The third-order valence-corrected chi connectivity index (χ3v) is 2.30. The molecule has 1 fully saturated rings. The van der Waals surface area contributed by atoms with Crippen molar-refractivity contribution in [2.45, 2.75) is 25.4 Å². The van der Waals surface area contributed by atoms with E-state index in [1.807, 2.05) is 0 Å². The highest BCUT2D eigenvalue weighted by atomic mass is 16.4. The van der Waals surface area contributed by atoms with Crippen LogP contribution in [0.2, 0.25) is 0 Å². The molecule has 1 saturated heterocycles. The average molecular weight is 186 g/mol. The fraction of sp³-hybridized carbons (Fsp3) is 0.750. The molecule has 0 amide bonds. The molecule has 2 unspecified atom stereocenters. The Morgan fingerprint density at radius 1 is 1.62 bits per heavy atom. The molecule has 1 aliphatic rings. The molecule has 1 aliphatic heterocycles. The Kier molecular flexibility index (Phi) is 3.00. The molecule has 4 N–H and O–H groups in total. The molecule has 0 aliphatic carbocycles. The van der Waals surface area contributed by atoms with E-state index in [0.29, 0.717) is 13.0 Å². The Balaban J connectivity index is 2.68. The number of hydrogen-bond donors (Lipinski definition) is 3. The van der Waals surface area contributed by atoms with E-state index in [1.165, 1.54) is 0 Å². The molecule has 0 spiro atoms. The summed E-state index contributed by atoms with van der Waals surface area (Å²) in [6.45, 7) is 2.15. The Bertz CT molecular complexity index is 227. The minimum atomic E-state index is -0.975. The summed E-state index contributed by atoms with van der Waals surface area (Å²) in [5.41, 5.74) is 5.41. The van der Waals surface area contributed by atoms with Crippen molar-refractivity contribution in [1.82, 2.24) is 5.32 Å². The molecule has 0 saturated carbocycles. The Morgan fingerprint density at radius 3 is 2.69 bits per heavy atom. The average Bonchev–Trinajstić information content (AvgIpc) is 2.50. The van der Waals surface area contributed by atoms with E-state index < -0.39 is 24.0 Å². The predicted molar refractivity (Wildman–Crippen MR) is 46.2 cm³/mol. The highest BCUT2D eigenvalue weighted by molar-refractivity contribution is 5.91. The van der Waals surface area contributed by atoms with Crippen LogP contribution in [0.4, 0.5) is 0 Å². The van der Waals surface area contributed by atoms with Gasteiger partial charge in [0.15, 0.2) is 5.78 Å². The van der Waals surface area contributed by atoms with E-state index in [-0.39, 0.29) is 5.78 Å². The van der Waals surface area contributed by atoms with Gasteiger partial charge in [-0.3, -0.25) is 9.59 Å². The SMILES string of the molecule is CC(N)C(=O)C1CCN[C@@H]1C(=O)O. The molecule has 0 aromatic carbocycles. The first-order valence-corrected chi connectivity index (χ1v) is 4.29. The van der Waals surface area contributed by atoms with Gasteiger partial charge in [0.05, 0.1) is 6.04 Å². The van der Waals surface area contributed by atoms with Crippen molar-refractivity contribution in [2.75, 3.05) is 6.54 Å². The lowest BCUT2D eigenvalue weighted by atomic mass is 9.92. The van der Waals surface area contributed by atoms with Crippen LogP contribution in [-0.4, -0.2) is 35.5 Å². The first-order valence-electron chi connectivity index (χ1n) is 4.29. The van der Waals surface area contributed by atoms with Gasteiger partial charge in [-0.15, -0.1) is 0 Å². The fourth-order valence-electron chi connectivity index (χ4n) is 1.61. The van der Waals surface area contributed by atoms with Gasteiger partial charge in [-0.1, -0.05) is 0 Å². The monoisotopic (exact) mass is 186 g/mol. The normalized spacial score (nSPS) is 30.0. The molecule has 0 aromatic heterocycles. The van der Waals surface area contributed by atoms with Crippen molar-refractivity contribution in [2.24, 2.45) is 11.7 Å². The molecule has 74 valence electrons. The number of Topliss-reactive ketones (excluding diaryl/α,β-unsaturated/α-hetero) is 1. The van der Waals surface area contributed by atoms with Crippen molar-refractivity contribution in [3.05, 3.63) is 0 Å². The molecule has 13 heavy (non-hydrogen) atoms. The van der Waals surface area contributed by atoms with Crippen molar-refractivity contribution in [1.29, 1.82) is 0 Å². The largest absolute Gasteiger partial charge is 0.480 e. The number of carbonyl (C=O) groups is 2. The van der Waals surface area contributed by atoms with Crippen LogP contribution in [0.3, 0.4) is 0 Å². The first-order chi connectivity index (χ1) is 6.04. The summed E-state index contributed by atoms with van der Waals surface area (Å²) in [6, 6.07) is -1.33. The Labute approximate surface area is 76.3 Å². The van der Waals surface area contributed by atoms with Crippen molar-refractivity contribution in [3.63, 3.8) is 0 Å². The summed E-state index contributed by atoms with van der Waals surface area (Å²) in [5, 5.41) is 11.5. The van der Waals surface area contributed by atoms with E-state index in [9.17, 15) is 9.59 Å². The van der Waals surface area contributed by atoms with Crippen LogP contribution in [0.5, 0.6) is 0 Å². The topological polar surface area (TPSA) is 92.4 Å². The number of nitrogens with two attached hydrogens (primary N) is 1. The summed E-state index contributed by atoms with van der Waals surface area (Å²) < 4.78 is 0. The maximum Gasteiger partial charge on any atom is 0.321 e. The molecule has 0 bridgehead atoms. The molecule has 1 rings (SSSR count). The predicted octanol–water partition coefficient (Wildman–Crippen LogP) is -1.03. The molecule has 0 radical (unpaired) electrons. The maximum absolute atomic E-state index is 11.4. The number of ketones is 1. The number of carboxylic acid groups (broad SMARTS) is 1. The van der Waals surface area contributed by atoms with E-state index >= 15 is 0 Å². The standard InChI is InChI=1S/C8H14N2O3/c1-4(9)7(11)5-2-3-10-6(5)8(12)13/h4-6,10H,2-3,9H2,1H3,(H,12,13)/t4?,5?,6-/m0/s1. The smallest absolute Gasteiger partial charge is 0.321 e. The van der Waals surface area contributed by atoms with Crippen LogP contribution in [0, 0.1) is 5.92 Å². The van der Waals surface area contributed by atoms with Crippen molar-refractivity contribution >= 4 is 11.8 Å². The summed E-state index contributed by atoms with van der Waals surface area (Å²) in [5.74, 6) is -1.61. The zero-order chi connectivity index (χ0) is 10.0. The summed E-state index contributed by atoms with van der Waals surface area (Å²) in [4.78, 5) is 22.1. The summed E-state index contributed by atoms with van der Waals surface area (Å²) in [7, 11) is 0. The van der Waals surface area contributed by atoms with Gasteiger partial charge in [0, 0.05) is 5.92 Å². The van der Waals surface area contributed by atoms with Crippen LogP contribution >= 0.6 is 0 Å². The van der Waals surface area contributed by atoms with Gasteiger partial charge >= 0.3 is 5.97 Å². The minimum Gasteiger partial charge on any atom is -0.480 e. The van der Waals surface area contributed by atoms with E-state index in [1.54, 1.807) is 6.92 Å². The number of carbonyl (C=O) groups excluding carboxylic acids is 1. The van der Waals surface area contributed by atoms with Gasteiger partial charge in [0.2, 0.25) is 0 Å².